The van der Waals surface area contributed by atoms with Crippen LogP contribution in [0.25, 0.3) is 0 Å². The summed E-state index contributed by atoms with van der Waals surface area (Å²) in [5.74, 6) is 1.18. The van der Waals surface area contributed by atoms with Crippen molar-refractivity contribution in [3.63, 3.8) is 0 Å². The zero-order valence-electron chi connectivity index (χ0n) is 15.3. The van der Waals surface area contributed by atoms with E-state index in [4.69, 9.17) is 14.6 Å². The molecule has 0 saturated carbocycles. The van der Waals surface area contributed by atoms with Gasteiger partial charge in [-0.15, -0.1) is 0 Å². The van der Waals surface area contributed by atoms with E-state index in [2.05, 4.69) is 20.6 Å². The number of hydrogen-bond acceptors (Lipinski definition) is 8. The van der Waals surface area contributed by atoms with Gasteiger partial charge in [0.15, 0.2) is 16.4 Å². The summed E-state index contributed by atoms with van der Waals surface area (Å²) >= 11 is 0. The molecule has 0 aliphatic carbocycles. The van der Waals surface area contributed by atoms with Gasteiger partial charge < -0.3 is 20.1 Å². The van der Waals surface area contributed by atoms with Crippen molar-refractivity contribution in [2.24, 2.45) is 5.14 Å². The maximum atomic E-state index is 12.3. The second-order valence-corrected chi connectivity index (χ2v) is 7.74. The van der Waals surface area contributed by atoms with Crippen molar-refractivity contribution in [3.8, 4) is 11.5 Å². The Bertz CT molecular complexity index is 1120. The van der Waals surface area contributed by atoms with Gasteiger partial charge in [-0.25, -0.2) is 18.5 Å². The molecule has 0 atom stereocenters. The number of benzene rings is 2. The van der Waals surface area contributed by atoms with Crippen molar-refractivity contribution in [2.75, 3.05) is 23.8 Å². The Morgan fingerprint density at radius 2 is 1.76 bits per heavy atom. The van der Waals surface area contributed by atoms with Gasteiger partial charge >= 0.3 is 0 Å². The van der Waals surface area contributed by atoms with Crippen LogP contribution >= 0.6 is 0 Å². The second kappa shape index (κ2) is 7.94. The minimum Gasteiger partial charge on any atom is -0.490 e. The fourth-order valence-corrected chi connectivity index (χ4v) is 3.71. The van der Waals surface area contributed by atoms with E-state index in [-0.39, 0.29) is 16.3 Å². The van der Waals surface area contributed by atoms with E-state index in [1.807, 2.05) is 30.3 Å². The largest absolute Gasteiger partial charge is 0.490 e. The lowest BCUT2D eigenvalue weighted by atomic mass is 10.2. The monoisotopic (exact) mass is 413 g/mol. The first-order chi connectivity index (χ1) is 14.0. The molecule has 0 saturated heterocycles. The summed E-state index contributed by atoms with van der Waals surface area (Å²) in [7, 11) is -4.10. The van der Waals surface area contributed by atoms with E-state index in [0.717, 1.165) is 5.69 Å². The molecule has 4 rings (SSSR count). The Labute approximate surface area is 168 Å². The number of nitrogens with one attached hydrogen (secondary N) is 2. The van der Waals surface area contributed by atoms with Crippen LogP contribution in [0.3, 0.4) is 0 Å². The summed E-state index contributed by atoms with van der Waals surface area (Å²) in [5, 5.41) is 11.5. The number of sulfonamides is 1. The molecule has 4 N–H and O–H groups in total. The third-order valence-corrected chi connectivity index (χ3v) is 5.08. The van der Waals surface area contributed by atoms with Gasteiger partial charge in [-0.1, -0.05) is 18.2 Å². The molecule has 0 bridgehead atoms. The highest BCUT2D eigenvalue weighted by molar-refractivity contribution is 7.89. The van der Waals surface area contributed by atoms with Crippen LogP contribution in [0.15, 0.2) is 59.6 Å². The third-order valence-electron chi connectivity index (χ3n) is 4.10. The number of nitrogens with zero attached hydrogens (tertiary/aromatic N) is 2. The Morgan fingerprint density at radius 1 is 0.966 bits per heavy atom. The van der Waals surface area contributed by atoms with Gasteiger partial charge in [-0.05, 0) is 30.3 Å². The Morgan fingerprint density at radius 3 is 2.55 bits per heavy atom. The minimum atomic E-state index is -4.10. The summed E-state index contributed by atoms with van der Waals surface area (Å²) in [6.45, 7) is 0.766. The molecule has 150 valence electrons. The van der Waals surface area contributed by atoms with Crippen LogP contribution < -0.4 is 25.2 Å². The van der Waals surface area contributed by atoms with Gasteiger partial charge in [0.05, 0.1) is 18.9 Å². The number of aromatic nitrogens is 2. The van der Waals surface area contributed by atoms with E-state index in [0.29, 0.717) is 37.2 Å². The first-order valence-corrected chi connectivity index (χ1v) is 10.4. The molecule has 1 aromatic heterocycles. The molecule has 29 heavy (non-hydrogen) atoms. The smallest absolute Gasteiger partial charge is 0.243 e. The van der Waals surface area contributed by atoms with E-state index in [1.165, 1.54) is 0 Å². The van der Waals surface area contributed by atoms with Crippen molar-refractivity contribution >= 4 is 33.2 Å². The quantitative estimate of drug-likeness (QED) is 0.582. The van der Waals surface area contributed by atoms with Gasteiger partial charge in [0.25, 0.3) is 0 Å². The van der Waals surface area contributed by atoms with E-state index >= 15 is 0 Å². The molecule has 0 unspecified atom stereocenters. The Kier molecular flexibility index (Phi) is 5.19. The van der Waals surface area contributed by atoms with Crippen LogP contribution in [0.5, 0.6) is 11.5 Å². The van der Waals surface area contributed by atoms with Gasteiger partial charge in [-0.2, -0.15) is 4.98 Å². The number of para-hydroxylation sites is 1. The average molecular weight is 413 g/mol. The highest BCUT2D eigenvalue weighted by Gasteiger charge is 2.26. The predicted octanol–water partition coefficient (Wildman–Crippen LogP) is 2.77. The van der Waals surface area contributed by atoms with Crippen molar-refractivity contribution in [2.45, 2.75) is 11.3 Å². The first-order valence-electron chi connectivity index (χ1n) is 8.88. The molecular formula is C19H19N5O4S. The van der Waals surface area contributed by atoms with Crippen LogP contribution in [0.2, 0.25) is 0 Å². The molecule has 0 fully saturated rings. The topological polar surface area (TPSA) is 128 Å². The minimum absolute atomic E-state index is 0.103. The number of primary sulfonamides is 1. The Balaban J connectivity index is 1.68. The molecule has 2 heterocycles. The molecule has 0 spiro atoms. The van der Waals surface area contributed by atoms with Crippen molar-refractivity contribution in [1.82, 2.24) is 9.97 Å². The van der Waals surface area contributed by atoms with Crippen LogP contribution in [0, 0.1) is 0 Å². The van der Waals surface area contributed by atoms with Crippen LogP contribution in [0.4, 0.5) is 23.1 Å². The summed E-state index contributed by atoms with van der Waals surface area (Å²) in [6, 6.07) is 14.3. The molecule has 10 heteroatoms. The lowest BCUT2D eigenvalue weighted by Crippen LogP contribution is -2.16. The third kappa shape index (κ3) is 4.39. The summed E-state index contributed by atoms with van der Waals surface area (Å²) in [5.41, 5.74) is 1.06. The zero-order chi connectivity index (χ0) is 20.3. The first kappa shape index (κ1) is 19.0. The number of ether oxygens (including phenoxy) is 2. The standard InChI is InChI=1S/C19H19N5O4S/c20-29(25,26)18-14(7-8-15-17(18)28-12-4-11-27-15)23-16-9-10-21-19(24-16)22-13-5-2-1-3-6-13/h1-3,5-10H,4,11-12H2,(H2,20,25,26)(H2,21,22,23,24). The molecule has 1 aliphatic rings. The van der Waals surface area contributed by atoms with Crippen molar-refractivity contribution in [3.05, 3.63) is 54.7 Å². The fraction of sp³-hybridized carbons (Fsp3) is 0.158. The number of fused-ring (bicyclic) bond motifs is 1. The maximum Gasteiger partial charge on any atom is 0.243 e. The summed E-state index contributed by atoms with van der Waals surface area (Å²) in [6.07, 6.45) is 2.20. The highest BCUT2D eigenvalue weighted by Crippen LogP contribution is 2.41. The van der Waals surface area contributed by atoms with Crippen LogP contribution in [-0.2, 0) is 10.0 Å². The highest BCUT2D eigenvalue weighted by atomic mass is 32.2. The fourth-order valence-electron chi connectivity index (χ4n) is 2.87. The van der Waals surface area contributed by atoms with E-state index < -0.39 is 10.0 Å². The molecule has 2 aromatic carbocycles. The van der Waals surface area contributed by atoms with Gasteiger partial charge in [0.2, 0.25) is 16.0 Å². The average Bonchev–Trinajstić information content (AvgIpc) is 2.93. The number of rotatable bonds is 5. The molecule has 3 aromatic rings. The number of anilines is 4. The molecule has 0 amide bonds. The summed E-state index contributed by atoms with van der Waals surface area (Å²) in [4.78, 5) is 8.38. The van der Waals surface area contributed by atoms with E-state index in [1.54, 1.807) is 24.4 Å². The lowest BCUT2D eigenvalue weighted by molar-refractivity contribution is 0.295. The normalized spacial score (nSPS) is 13.4. The second-order valence-electron chi connectivity index (χ2n) is 6.25. The predicted molar refractivity (Wildman–Crippen MR) is 108 cm³/mol. The lowest BCUT2D eigenvalue weighted by Gasteiger charge is -2.16. The van der Waals surface area contributed by atoms with Crippen LogP contribution in [0.1, 0.15) is 6.42 Å². The van der Waals surface area contributed by atoms with Crippen molar-refractivity contribution < 1.29 is 17.9 Å². The van der Waals surface area contributed by atoms with Gasteiger partial charge in [-0.3, -0.25) is 0 Å². The maximum absolute atomic E-state index is 12.3. The number of nitrogens with two attached hydrogens (primary N) is 1. The molecule has 1 aliphatic heterocycles. The molecule has 9 nitrogen and oxygen atoms in total. The molecule has 0 radical (unpaired) electrons. The van der Waals surface area contributed by atoms with Gasteiger partial charge in [0.1, 0.15) is 5.82 Å². The van der Waals surface area contributed by atoms with Crippen molar-refractivity contribution in [1.29, 1.82) is 0 Å². The van der Waals surface area contributed by atoms with Gasteiger partial charge in [0, 0.05) is 18.3 Å². The summed E-state index contributed by atoms with van der Waals surface area (Å²) < 4.78 is 35.8. The van der Waals surface area contributed by atoms with Crippen LogP contribution in [-0.4, -0.2) is 31.6 Å². The Hall–Kier alpha value is -3.37. The van der Waals surface area contributed by atoms with E-state index in [9.17, 15) is 8.42 Å². The SMILES string of the molecule is NS(=O)(=O)c1c(Nc2ccnc(Nc3ccccc3)n2)ccc2c1OCCCO2. The number of hydrogen-bond donors (Lipinski definition) is 3. The molecular weight excluding hydrogens is 394 g/mol. The zero-order valence-corrected chi connectivity index (χ0v) is 16.1.